The second-order valence-electron chi connectivity index (χ2n) is 10.2. The van der Waals surface area contributed by atoms with E-state index in [9.17, 15) is 9.18 Å². The summed E-state index contributed by atoms with van der Waals surface area (Å²) in [5.74, 6) is -0.502. The summed E-state index contributed by atoms with van der Waals surface area (Å²) in [4.78, 5) is 12.8. The molecule has 0 spiro atoms. The van der Waals surface area contributed by atoms with Gasteiger partial charge in [-0.1, -0.05) is 93.6 Å². The first-order valence-corrected chi connectivity index (χ1v) is 14.4. The number of carbonyl (C=O) groups is 1. The minimum Gasteiger partial charge on any atom is -0.497 e. The topological polar surface area (TPSA) is 44.8 Å². The van der Waals surface area contributed by atoms with E-state index in [0.29, 0.717) is 11.3 Å². The fourth-order valence-corrected chi connectivity index (χ4v) is 9.52. The summed E-state index contributed by atoms with van der Waals surface area (Å²) in [5.41, 5.74) is 1.76. The van der Waals surface area contributed by atoms with Gasteiger partial charge in [-0.05, 0) is 50.8 Å². The molecule has 0 aliphatic rings. The minimum atomic E-state index is -2.78. The molecule has 0 heterocycles. The zero-order chi connectivity index (χ0) is 27.3. The van der Waals surface area contributed by atoms with Gasteiger partial charge in [-0.25, -0.2) is 9.18 Å². The van der Waals surface area contributed by atoms with Crippen LogP contribution in [0.15, 0.2) is 97.1 Å². The fraction of sp³-hybridized carbons (Fsp3) is 0.219. The summed E-state index contributed by atoms with van der Waals surface area (Å²) >= 11 is 0. The van der Waals surface area contributed by atoms with Crippen LogP contribution in [-0.2, 0) is 15.8 Å². The van der Waals surface area contributed by atoms with Crippen molar-refractivity contribution in [1.82, 2.24) is 0 Å². The van der Waals surface area contributed by atoms with Crippen LogP contribution in [0.1, 0.15) is 36.7 Å². The molecule has 196 valence electrons. The number of esters is 1. The third-order valence-corrected chi connectivity index (χ3v) is 11.8. The number of halogens is 1. The van der Waals surface area contributed by atoms with Gasteiger partial charge in [0.15, 0.2) is 0 Å². The molecule has 4 aromatic carbocycles. The van der Waals surface area contributed by atoms with Gasteiger partial charge in [0.2, 0.25) is 0 Å². The lowest BCUT2D eigenvalue weighted by molar-refractivity contribution is 0.0601. The Bertz CT molecular complexity index is 1360. The van der Waals surface area contributed by atoms with E-state index in [1.54, 1.807) is 24.3 Å². The van der Waals surface area contributed by atoms with E-state index in [2.05, 4.69) is 45.0 Å². The molecule has 0 aromatic heterocycles. The Morgan fingerprint density at radius 1 is 0.789 bits per heavy atom. The predicted octanol–water partition coefficient (Wildman–Crippen LogP) is 6.36. The molecular formula is C32H33FO4Si. The highest BCUT2D eigenvalue weighted by molar-refractivity contribution is 6.99. The number of rotatable bonds is 8. The van der Waals surface area contributed by atoms with Crippen LogP contribution >= 0.6 is 0 Å². The van der Waals surface area contributed by atoms with Crippen molar-refractivity contribution in [3.05, 3.63) is 114 Å². The van der Waals surface area contributed by atoms with E-state index in [1.807, 2.05) is 42.5 Å². The summed E-state index contributed by atoms with van der Waals surface area (Å²) in [5, 5.41) is 2.15. The molecule has 0 saturated carbocycles. The largest absolute Gasteiger partial charge is 0.497 e. The Balaban J connectivity index is 1.80. The van der Waals surface area contributed by atoms with Gasteiger partial charge in [0.1, 0.15) is 11.6 Å². The molecule has 4 rings (SSSR count). The molecule has 0 amide bonds. The van der Waals surface area contributed by atoms with E-state index >= 15 is 0 Å². The zero-order valence-electron chi connectivity index (χ0n) is 22.5. The quantitative estimate of drug-likeness (QED) is 0.197. The highest BCUT2D eigenvalue weighted by atomic mass is 28.4. The highest BCUT2D eigenvalue weighted by Crippen LogP contribution is 2.38. The number of methoxy groups -OCH3 is 2. The molecule has 0 atom stereocenters. The monoisotopic (exact) mass is 528 g/mol. The lowest BCUT2D eigenvalue weighted by Gasteiger charge is -2.43. The summed E-state index contributed by atoms with van der Waals surface area (Å²) in [6.45, 7) is 6.92. The third kappa shape index (κ3) is 5.28. The van der Waals surface area contributed by atoms with Crippen LogP contribution in [0.5, 0.6) is 5.75 Å². The molecule has 0 bridgehead atoms. The van der Waals surface area contributed by atoms with Crippen LogP contribution < -0.4 is 15.1 Å². The molecule has 0 radical (unpaired) electrons. The Kier molecular flexibility index (Phi) is 8.14. The summed E-state index contributed by atoms with van der Waals surface area (Å²) in [6.07, 6.45) is 0. The van der Waals surface area contributed by atoms with Gasteiger partial charge in [0.05, 0.1) is 26.4 Å². The Morgan fingerprint density at radius 3 is 1.92 bits per heavy atom. The van der Waals surface area contributed by atoms with Gasteiger partial charge < -0.3 is 13.9 Å². The Labute approximate surface area is 225 Å². The van der Waals surface area contributed by atoms with Crippen LogP contribution in [0.4, 0.5) is 4.39 Å². The Morgan fingerprint density at radius 2 is 1.39 bits per heavy atom. The van der Waals surface area contributed by atoms with Crippen molar-refractivity contribution < 1.29 is 23.1 Å². The van der Waals surface area contributed by atoms with Gasteiger partial charge in [0.25, 0.3) is 8.32 Å². The lowest BCUT2D eigenvalue weighted by atomic mass is 9.97. The highest BCUT2D eigenvalue weighted by Gasteiger charge is 2.50. The maximum atomic E-state index is 14.8. The second kappa shape index (κ2) is 11.3. The fourth-order valence-electron chi connectivity index (χ4n) is 4.99. The molecule has 4 nitrogen and oxygen atoms in total. The van der Waals surface area contributed by atoms with Crippen LogP contribution in [0.2, 0.25) is 5.04 Å². The molecule has 0 unspecified atom stereocenters. The maximum absolute atomic E-state index is 14.8. The van der Waals surface area contributed by atoms with Gasteiger partial charge >= 0.3 is 5.97 Å². The number of benzene rings is 4. The van der Waals surface area contributed by atoms with Crippen LogP contribution in [0, 0.1) is 5.82 Å². The minimum absolute atomic E-state index is 0.190. The zero-order valence-corrected chi connectivity index (χ0v) is 23.5. The van der Waals surface area contributed by atoms with Crippen molar-refractivity contribution >= 4 is 24.7 Å². The number of hydrogen-bond acceptors (Lipinski definition) is 4. The average Bonchev–Trinajstić information content (AvgIpc) is 2.93. The van der Waals surface area contributed by atoms with Crippen LogP contribution in [-0.4, -0.2) is 28.5 Å². The average molecular weight is 529 g/mol. The molecule has 0 aliphatic carbocycles. The smallest absolute Gasteiger partial charge is 0.338 e. The van der Waals surface area contributed by atoms with Gasteiger partial charge in [0, 0.05) is 5.56 Å². The van der Waals surface area contributed by atoms with Crippen molar-refractivity contribution in [2.75, 3.05) is 14.2 Å². The molecule has 4 aromatic rings. The van der Waals surface area contributed by atoms with E-state index in [4.69, 9.17) is 13.9 Å². The van der Waals surface area contributed by atoms with Gasteiger partial charge in [-0.15, -0.1) is 0 Å². The lowest BCUT2D eigenvalue weighted by Crippen LogP contribution is -2.66. The van der Waals surface area contributed by atoms with E-state index in [1.165, 1.54) is 30.7 Å². The molecule has 0 aliphatic heterocycles. The molecule has 38 heavy (non-hydrogen) atoms. The molecular weight excluding hydrogens is 495 g/mol. The van der Waals surface area contributed by atoms with Crippen molar-refractivity contribution in [3.63, 3.8) is 0 Å². The number of carbonyl (C=O) groups excluding carboxylic acids is 1. The normalized spacial score (nSPS) is 11.7. The first-order chi connectivity index (χ1) is 18.2. The number of ether oxygens (including phenoxy) is 2. The summed E-state index contributed by atoms with van der Waals surface area (Å²) < 4.78 is 32.2. The van der Waals surface area contributed by atoms with E-state index in [0.717, 1.165) is 5.56 Å². The van der Waals surface area contributed by atoms with Crippen LogP contribution in [0.3, 0.4) is 0 Å². The first kappa shape index (κ1) is 27.3. The van der Waals surface area contributed by atoms with Gasteiger partial charge in [-0.2, -0.15) is 0 Å². The predicted molar refractivity (Wildman–Crippen MR) is 152 cm³/mol. The van der Waals surface area contributed by atoms with Crippen molar-refractivity contribution in [2.45, 2.75) is 32.4 Å². The third-order valence-electron chi connectivity index (χ3n) is 6.83. The second-order valence-corrected chi connectivity index (χ2v) is 14.5. The molecule has 6 heteroatoms. The SMILES string of the molecule is COC(=O)c1cc(CO[Si](c2ccccc2)(c2ccccc2)C(C)(C)C)ccc1-c1cc(OC)ccc1F. The molecule has 0 fully saturated rings. The van der Waals surface area contributed by atoms with Gasteiger partial charge in [-0.3, -0.25) is 0 Å². The first-order valence-electron chi connectivity index (χ1n) is 12.5. The Hall–Kier alpha value is -3.74. The van der Waals surface area contributed by atoms with E-state index < -0.39 is 20.1 Å². The van der Waals surface area contributed by atoms with E-state index in [-0.39, 0.29) is 22.8 Å². The molecule has 0 N–H and O–H groups in total. The van der Waals surface area contributed by atoms with Crippen LogP contribution in [0.25, 0.3) is 11.1 Å². The molecule has 0 saturated heterocycles. The standard InChI is InChI=1S/C32H33FO4Si/c1-32(2,3)38(25-12-8-6-9-13-25,26-14-10-7-11-15-26)37-22-23-16-18-27(29(20-23)31(34)36-5)28-21-24(35-4)17-19-30(28)33/h6-21H,22H2,1-5H3. The van der Waals surface area contributed by atoms with Crippen molar-refractivity contribution in [3.8, 4) is 16.9 Å². The van der Waals surface area contributed by atoms with Crippen molar-refractivity contribution in [1.29, 1.82) is 0 Å². The summed E-state index contributed by atoms with van der Waals surface area (Å²) in [6, 6.07) is 30.5. The number of hydrogen-bond donors (Lipinski definition) is 0. The van der Waals surface area contributed by atoms with Crippen molar-refractivity contribution in [2.24, 2.45) is 0 Å². The maximum Gasteiger partial charge on any atom is 0.338 e. The summed E-state index contributed by atoms with van der Waals surface area (Å²) in [7, 11) is 0.0598.